The van der Waals surface area contributed by atoms with Gasteiger partial charge in [0.15, 0.2) is 6.29 Å². The van der Waals surface area contributed by atoms with Crippen molar-refractivity contribution in [2.45, 2.75) is 23.7 Å². The highest BCUT2D eigenvalue weighted by atomic mass is 79.9. The van der Waals surface area contributed by atoms with Crippen LogP contribution in [-0.4, -0.2) is 40.7 Å². The zero-order chi connectivity index (χ0) is 13.7. The number of nitrogens with zero attached hydrogens (tertiary/aromatic N) is 4. The predicted molar refractivity (Wildman–Crippen MR) is 77.2 cm³/mol. The number of thiophene rings is 1. The van der Waals surface area contributed by atoms with Crippen LogP contribution in [0.15, 0.2) is 21.1 Å². The number of tetrazole rings is 1. The van der Waals surface area contributed by atoms with Gasteiger partial charge < -0.3 is 9.47 Å². The second kappa shape index (κ2) is 7.34. The Labute approximate surface area is 127 Å². The van der Waals surface area contributed by atoms with E-state index in [1.807, 2.05) is 6.07 Å². The van der Waals surface area contributed by atoms with Crippen molar-refractivity contribution >= 4 is 39.0 Å². The maximum Gasteiger partial charge on any atom is 0.209 e. The summed E-state index contributed by atoms with van der Waals surface area (Å²) in [5.41, 5.74) is 0. The van der Waals surface area contributed by atoms with Crippen molar-refractivity contribution in [1.29, 1.82) is 0 Å². The molecule has 0 bridgehead atoms. The van der Waals surface area contributed by atoms with Gasteiger partial charge in [-0.2, -0.15) is 0 Å². The second-order valence-corrected chi connectivity index (χ2v) is 6.32. The van der Waals surface area contributed by atoms with Crippen LogP contribution in [0.1, 0.15) is 4.88 Å². The molecule has 0 aromatic carbocycles. The highest BCUT2D eigenvalue weighted by Crippen LogP contribution is 2.29. The standard InChI is InChI=1S/C10H13BrN4O2S2/c1-16-9(17-2)5-15-10(12-13-14-15)19-6-8-7(11)3-4-18-8/h3-4,9H,5-6H2,1-2H3. The average molecular weight is 365 g/mol. The summed E-state index contributed by atoms with van der Waals surface area (Å²) in [4.78, 5) is 1.26. The van der Waals surface area contributed by atoms with Crippen LogP contribution in [0.3, 0.4) is 0 Å². The molecule has 9 heteroatoms. The summed E-state index contributed by atoms with van der Waals surface area (Å²) in [6.45, 7) is 0.466. The summed E-state index contributed by atoms with van der Waals surface area (Å²) < 4.78 is 13.1. The van der Waals surface area contributed by atoms with Crippen LogP contribution in [0.25, 0.3) is 0 Å². The summed E-state index contributed by atoms with van der Waals surface area (Å²) >= 11 is 6.80. The molecule has 19 heavy (non-hydrogen) atoms. The van der Waals surface area contributed by atoms with E-state index >= 15 is 0 Å². The lowest BCUT2D eigenvalue weighted by Gasteiger charge is -2.13. The van der Waals surface area contributed by atoms with E-state index in [0.29, 0.717) is 6.54 Å². The highest BCUT2D eigenvalue weighted by molar-refractivity contribution is 9.10. The molecule has 0 spiro atoms. The van der Waals surface area contributed by atoms with Gasteiger partial charge in [0.25, 0.3) is 0 Å². The molecule has 0 fully saturated rings. The molecule has 2 rings (SSSR count). The minimum atomic E-state index is -0.351. The molecule has 0 radical (unpaired) electrons. The smallest absolute Gasteiger partial charge is 0.209 e. The number of hydrogen-bond donors (Lipinski definition) is 0. The van der Waals surface area contributed by atoms with E-state index in [4.69, 9.17) is 9.47 Å². The first-order chi connectivity index (χ1) is 9.24. The first-order valence-corrected chi connectivity index (χ1v) is 8.07. The minimum Gasteiger partial charge on any atom is -0.354 e. The topological polar surface area (TPSA) is 62.1 Å². The number of rotatable bonds is 7. The molecule has 2 heterocycles. The SMILES string of the molecule is COC(Cn1nnnc1SCc1sccc1Br)OC. The predicted octanol–water partition coefficient (Wildman–Crippen LogP) is 2.41. The zero-order valence-electron chi connectivity index (χ0n) is 10.4. The highest BCUT2D eigenvalue weighted by Gasteiger charge is 2.13. The third-order valence-corrected chi connectivity index (χ3v) is 5.46. The van der Waals surface area contributed by atoms with Crippen molar-refractivity contribution in [3.63, 3.8) is 0 Å². The number of halogens is 1. The quantitative estimate of drug-likeness (QED) is 0.555. The van der Waals surface area contributed by atoms with Gasteiger partial charge in [-0.3, -0.25) is 0 Å². The van der Waals surface area contributed by atoms with Crippen LogP contribution in [0.2, 0.25) is 0 Å². The molecular formula is C10H13BrN4O2S2. The van der Waals surface area contributed by atoms with E-state index in [1.54, 1.807) is 42.0 Å². The largest absolute Gasteiger partial charge is 0.354 e. The lowest BCUT2D eigenvalue weighted by Crippen LogP contribution is -2.21. The van der Waals surface area contributed by atoms with Gasteiger partial charge in [-0.25, -0.2) is 4.68 Å². The number of aromatic nitrogens is 4. The molecule has 0 saturated heterocycles. The molecule has 2 aromatic heterocycles. The van der Waals surface area contributed by atoms with E-state index in [1.165, 1.54) is 4.88 Å². The Morgan fingerprint density at radius 3 is 2.89 bits per heavy atom. The van der Waals surface area contributed by atoms with Crippen LogP contribution in [-0.2, 0) is 21.8 Å². The number of ether oxygens (including phenoxy) is 2. The van der Waals surface area contributed by atoms with Crippen molar-refractivity contribution < 1.29 is 9.47 Å². The Hall–Kier alpha value is -0.480. The van der Waals surface area contributed by atoms with E-state index in [2.05, 4.69) is 36.8 Å². The van der Waals surface area contributed by atoms with Crippen LogP contribution in [0, 0.1) is 0 Å². The monoisotopic (exact) mass is 364 g/mol. The van der Waals surface area contributed by atoms with Gasteiger partial charge in [-0.15, -0.1) is 16.4 Å². The van der Waals surface area contributed by atoms with Crippen LogP contribution >= 0.6 is 39.0 Å². The molecule has 0 aliphatic heterocycles. The van der Waals surface area contributed by atoms with Gasteiger partial charge in [0.05, 0.1) is 6.54 Å². The average Bonchev–Trinajstić information content (AvgIpc) is 3.02. The van der Waals surface area contributed by atoms with Gasteiger partial charge in [0, 0.05) is 29.3 Å². The maximum atomic E-state index is 5.14. The van der Waals surface area contributed by atoms with Gasteiger partial charge in [0.1, 0.15) is 0 Å². The Bertz CT molecular complexity index is 515. The second-order valence-electron chi connectivity index (χ2n) is 3.52. The third kappa shape index (κ3) is 3.99. The molecule has 0 aliphatic rings. The van der Waals surface area contributed by atoms with Gasteiger partial charge in [-0.1, -0.05) is 11.8 Å². The van der Waals surface area contributed by atoms with Gasteiger partial charge in [-0.05, 0) is 37.8 Å². The molecule has 104 valence electrons. The molecule has 0 aliphatic carbocycles. The fraction of sp³-hybridized carbons (Fsp3) is 0.500. The lowest BCUT2D eigenvalue weighted by atomic mass is 10.5. The first kappa shape index (κ1) is 14.9. The molecule has 6 nitrogen and oxygen atoms in total. The Balaban J connectivity index is 1.98. The van der Waals surface area contributed by atoms with E-state index < -0.39 is 0 Å². The number of hydrogen-bond acceptors (Lipinski definition) is 7. The van der Waals surface area contributed by atoms with Gasteiger partial charge in [0.2, 0.25) is 5.16 Å². The molecule has 0 atom stereocenters. The summed E-state index contributed by atoms with van der Waals surface area (Å²) in [6, 6.07) is 2.04. The lowest BCUT2D eigenvalue weighted by molar-refractivity contribution is -0.113. The molecule has 0 saturated carbocycles. The fourth-order valence-corrected chi connectivity index (χ4v) is 4.04. The summed E-state index contributed by atoms with van der Waals surface area (Å²) in [6.07, 6.45) is -0.351. The van der Waals surface area contributed by atoms with E-state index in [-0.39, 0.29) is 6.29 Å². The van der Waals surface area contributed by atoms with Crippen molar-refractivity contribution in [2.24, 2.45) is 0 Å². The molecule has 0 unspecified atom stereocenters. The van der Waals surface area contributed by atoms with E-state index in [0.717, 1.165) is 15.4 Å². The summed E-state index contributed by atoms with van der Waals surface area (Å²) in [5.74, 6) is 0.823. The molecular weight excluding hydrogens is 352 g/mol. The Morgan fingerprint density at radius 2 is 2.26 bits per heavy atom. The maximum absolute atomic E-state index is 5.14. The van der Waals surface area contributed by atoms with Crippen molar-refractivity contribution in [1.82, 2.24) is 20.2 Å². The first-order valence-electron chi connectivity index (χ1n) is 5.41. The van der Waals surface area contributed by atoms with Crippen molar-refractivity contribution in [3.05, 3.63) is 20.8 Å². The number of methoxy groups -OCH3 is 2. The van der Waals surface area contributed by atoms with E-state index in [9.17, 15) is 0 Å². The Kier molecular flexibility index (Phi) is 5.76. The summed E-state index contributed by atoms with van der Waals surface area (Å²) in [5, 5.41) is 14.4. The molecule has 0 N–H and O–H groups in total. The van der Waals surface area contributed by atoms with Crippen LogP contribution in [0.4, 0.5) is 0 Å². The summed E-state index contributed by atoms with van der Waals surface area (Å²) in [7, 11) is 3.18. The van der Waals surface area contributed by atoms with Crippen LogP contribution < -0.4 is 0 Å². The van der Waals surface area contributed by atoms with Gasteiger partial charge >= 0.3 is 0 Å². The fourth-order valence-electron chi connectivity index (χ4n) is 1.36. The van der Waals surface area contributed by atoms with Crippen molar-refractivity contribution in [2.75, 3.05) is 14.2 Å². The Morgan fingerprint density at radius 1 is 1.47 bits per heavy atom. The third-order valence-electron chi connectivity index (χ3n) is 2.37. The molecule has 2 aromatic rings. The minimum absolute atomic E-state index is 0.351. The van der Waals surface area contributed by atoms with Crippen molar-refractivity contribution in [3.8, 4) is 0 Å². The number of thioether (sulfide) groups is 1. The zero-order valence-corrected chi connectivity index (χ0v) is 13.7. The molecule has 0 amide bonds. The normalized spacial score (nSPS) is 11.4. The van der Waals surface area contributed by atoms with Crippen LogP contribution in [0.5, 0.6) is 0 Å².